The van der Waals surface area contributed by atoms with Crippen molar-refractivity contribution < 1.29 is 29.1 Å². The third-order valence-corrected chi connectivity index (χ3v) is 1.59. The van der Waals surface area contributed by atoms with Gasteiger partial charge in [-0.15, -0.1) is 0 Å². The highest BCUT2D eigenvalue weighted by molar-refractivity contribution is 7.98. The fourth-order valence-electron chi connectivity index (χ4n) is 0.368. The molecule has 6 N–H and O–H groups in total. The van der Waals surface area contributed by atoms with Crippen molar-refractivity contribution in [3.8, 4) is 0 Å². The fourth-order valence-corrected chi connectivity index (χ4v) is 0.858. The first kappa shape index (κ1) is 16.3. The number of hydrogen-bond donors (Lipinski definition) is 5. The van der Waals surface area contributed by atoms with Gasteiger partial charge < -0.3 is 25.5 Å². The molecule has 0 bridgehead atoms. The Bertz CT molecular complexity index is 198. The summed E-state index contributed by atoms with van der Waals surface area (Å²) in [4.78, 5) is 31.6. The predicted octanol–water partition coefficient (Wildman–Crippen LogP) is -0.777. The van der Waals surface area contributed by atoms with Crippen LogP contribution < -0.4 is 5.73 Å². The molecule has 9 heteroatoms. The van der Waals surface area contributed by atoms with Crippen LogP contribution in [0, 0.1) is 0 Å². The second-order valence-electron chi connectivity index (χ2n) is 2.24. The summed E-state index contributed by atoms with van der Waals surface area (Å²) in [5.41, 5.74) is 5.19. The molecular formula is C5H14NO6PS. The van der Waals surface area contributed by atoms with Crippen LogP contribution in [0.5, 0.6) is 0 Å². The van der Waals surface area contributed by atoms with Gasteiger partial charge in [0, 0.05) is 0 Å². The number of aliphatic carboxylic acids is 1. The summed E-state index contributed by atoms with van der Waals surface area (Å²) in [6.45, 7) is 0. The minimum Gasteiger partial charge on any atom is -0.480 e. The van der Waals surface area contributed by atoms with Crippen molar-refractivity contribution in [2.24, 2.45) is 5.73 Å². The zero-order valence-corrected chi connectivity index (χ0v) is 9.24. The molecule has 0 aromatic carbocycles. The van der Waals surface area contributed by atoms with Crippen LogP contribution in [0.1, 0.15) is 6.42 Å². The van der Waals surface area contributed by atoms with Crippen LogP contribution >= 0.6 is 19.6 Å². The van der Waals surface area contributed by atoms with Crippen molar-refractivity contribution >= 4 is 25.6 Å². The van der Waals surface area contributed by atoms with Crippen molar-refractivity contribution in [3.05, 3.63) is 0 Å². The summed E-state index contributed by atoms with van der Waals surface area (Å²) < 4.78 is 8.88. The second kappa shape index (κ2) is 8.22. The van der Waals surface area contributed by atoms with Crippen molar-refractivity contribution in [1.82, 2.24) is 0 Å². The van der Waals surface area contributed by atoms with E-state index in [1.165, 1.54) is 0 Å². The topological polar surface area (TPSA) is 141 Å². The molecule has 0 aromatic heterocycles. The number of phosphoric acid groups is 1. The Hall–Kier alpha value is -0.110. The number of nitrogens with two attached hydrogens (primary N) is 1. The van der Waals surface area contributed by atoms with Crippen molar-refractivity contribution in [2.75, 3.05) is 12.0 Å². The molecule has 0 aromatic rings. The Labute approximate surface area is 85.6 Å². The van der Waals surface area contributed by atoms with Gasteiger partial charge in [0.05, 0.1) is 0 Å². The largest absolute Gasteiger partial charge is 0.480 e. The molecular weight excluding hydrogens is 233 g/mol. The molecule has 7 nitrogen and oxygen atoms in total. The average molecular weight is 247 g/mol. The van der Waals surface area contributed by atoms with Gasteiger partial charge in [-0.05, 0) is 18.4 Å². The van der Waals surface area contributed by atoms with Gasteiger partial charge in [-0.1, -0.05) is 0 Å². The molecule has 0 amide bonds. The van der Waals surface area contributed by atoms with E-state index in [9.17, 15) is 4.79 Å². The van der Waals surface area contributed by atoms with Crippen LogP contribution in [-0.4, -0.2) is 43.8 Å². The Morgan fingerprint density at radius 3 is 2.07 bits per heavy atom. The smallest absolute Gasteiger partial charge is 0.466 e. The number of carboxylic acid groups (broad SMARTS) is 1. The average Bonchev–Trinajstić information content (AvgIpc) is 1.96. The zero-order chi connectivity index (χ0) is 11.8. The lowest BCUT2D eigenvalue weighted by molar-refractivity contribution is -0.138. The molecule has 0 aliphatic rings. The van der Waals surface area contributed by atoms with Gasteiger partial charge in [0.25, 0.3) is 0 Å². The normalized spacial score (nSPS) is 12.6. The second-order valence-corrected chi connectivity index (χ2v) is 4.25. The van der Waals surface area contributed by atoms with E-state index >= 15 is 0 Å². The van der Waals surface area contributed by atoms with Gasteiger partial charge in [0.1, 0.15) is 6.04 Å². The van der Waals surface area contributed by atoms with Gasteiger partial charge in [0.2, 0.25) is 0 Å². The number of hydrogen-bond acceptors (Lipinski definition) is 4. The van der Waals surface area contributed by atoms with Crippen molar-refractivity contribution in [2.45, 2.75) is 12.5 Å². The first-order valence-electron chi connectivity index (χ1n) is 3.44. The maximum atomic E-state index is 10.1. The van der Waals surface area contributed by atoms with Crippen molar-refractivity contribution in [1.29, 1.82) is 0 Å². The van der Waals surface area contributed by atoms with Gasteiger partial charge >= 0.3 is 13.8 Å². The maximum absolute atomic E-state index is 10.1. The van der Waals surface area contributed by atoms with Gasteiger partial charge in [0.15, 0.2) is 0 Å². The lowest BCUT2D eigenvalue weighted by Crippen LogP contribution is -2.30. The summed E-state index contributed by atoms with van der Waals surface area (Å²) in [5, 5.41) is 8.27. The van der Waals surface area contributed by atoms with Crippen LogP contribution in [0.25, 0.3) is 0 Å². The van der Waals surface area contributed by atoms with E-state index in [-0.39, 0.29) is 0 Å². The predicted molar refractivity (Wildman–Crippen MR) is 52.9 cm³/mol. The van der Waals surface area contributed by atoms with E-state index in [1.54, 1.807) is 11.8 Å². The Kier molecular flexibility index (Phi) is 9.58. The quantitative estimate of drug-likeness (QED) is 0.407. The first-order chi connectivity index (χ1) is 6.18. The monoisotopic (exact) mass is 247 g/mol. The highest BCUT2D eigenvalue weighted by atomic mass is 32.2. The van der Waals surface area contributed by atoms with Crippen LogP contribution in [0.3, 0.4) is 0 Å². The Balaban J connectivity index is 0. The molecule has 0 saturated heterocycles. The standard InChI is InChI=1S/C5H11NO2S.H3O4P/c1-9-3-2-4(6)5(7)8;1-5(2,3)4/h4H,2-3,6H2,1H3,(H,7,8);(H3,1,2,3,4). The molecule has 0 radical (unpaired) electrons. The van der Waals surface area contributed by atoms with E-state index in [2.05, 4.69) is 0 Å². The van der Waals surface area contributed by atoms with Crippen LogP contribution in [-0.2, 0) is 9.36 Å². The lowest BCUT2D eigenvalue weighted by Gasteiger charge is -2.02. The Morgan fingerprint density at radius 1 is 1.50 bits per heavy atom. The van der Waals surface area contributed by atoms with E-state index in [1.807, 2.05) is 6.26 Å². The van der Waals surface area contributed by atoms with E-state index in [0.717, 1.165) is 5.75 Å². The molecule has 0 rings (SSSR count). The third-order valence-electron chi connectivity index (χ3n) is 0.950. The summed E-state index contributed by atoms with van der Waals surface area (Å²) >= 11 is 1.60. The van der Waals surface area contributed by atoms with Gasteiger partial charge in [-0.2, -0.15) is 11.8 Å². The summed E-state index contributed by atoms with van der Waals surface area (Å²) in [5.74, 6) is -0.1000. The van der Waals surface area contributed by atoms with Crippen molar-refractivity contribution in [3.63, 3.8) is 0 Å². The molecule has 0 fully saturated rings. The summed E-state index contributed by atoms with van der Waals surface area (Å²) in [6.07, 6.45) is 2.48. The van der Waals surface area contributed by atoms with Gasteiger partial charge in [-0.25, -0.2) is 4.57 Å². The van der Waals surface area contributed by atoms with E-state index < -0.39 is 19.8 Å². The number of rotatable bonds is 4. The molecule has 1 unspecified atom stereocenters. The van der Waals surface area contributed by atoms with E-state index in [4.69, 9.17) is 30.1 Å². The SMILES string of the molecule is CSCCC(N)C(=O)O.O=P(O)(O)O. The lowest BCUT2D eigenvalue weighted by atomic mass is 10.2. The molecule has 0 saturated carbocycles. The molecule has 86 valence electrons. The van der Waals surface area contributed by atoms with E-state index in [0.29, 0.717) is 6.42 Å². The number of carboxylic acids is 1. The number of thioether (sulfide) groups is 1. The molecule has 0 aliphatic heterocycles. The van der Waals surface area contributed by atoms with Crippen LogP contribution in [0.2, 0.25) is 0 Å². The fraction of sp³-hybridized carbons (Fsp3) is 0.800. The first-order valence-corrected chi connectivity index (χ1v) is 6.40. The molecule has 1 atom stereocenters. The molecule has 0 spiro atoms. The number of carbonyl (C=O) groups is 1. The zero-order valence-electron chi connectivity index (χ0n) is 7.53. The molecule has 0 heterocycles. The Morgan fingerprint density at radius 2 is 1.86 bits per heavy atom. The summed E-state index contributed by atoms with van der Waals surface area (Å²) in [7, 11) is -4.64. The minimum absolute atomic E-state index is 0.552. The summed E-state index contributed by atoms with van der Waals surface area (Å²) in [6, 6.07) is -0.683. The van der Waals surface area contributed by atoms with Crippen LogP contribution in [0.4, 0.5) is 0 Å². The molecule has 0 aliphatic carbocycles. The van der Waals surface area contributed by atoms with Gasteiger partial charge in [-0.3, -0.25) is 4.79 Å². The highest BCUT2D eigenvalue weighted by Crippen LogP contribution is 2.25. The van der Waals surface area contributed by atoms with Crippen LogP contribution in [0.15, 0.2) is 0 Å². The minimum atomic E-state index is -4.64. The highest BCUT2D eigenvalue weighted by Gasteiger charge is 2.08. The molecule has 14 heavy (non-hydrogen) atoms. The maximum Gasteiger partial charge on any atom is 0.466 e. The third kappa shape index (κ3) is 22.7.